The molecule has 0 bridgehead atoms. The summed E-state index contributed by atoms with van der Waals surface area (Å²) in [5.41, 5.74) is 2.15. The van der Waals surface area contributed by atoms with Gasteiger partial charge in [-0.05, 0) is 24.0 Å². The van der Waals surface area contributed by atoms with Gasteiger partial charge in [-0.1, -0.05) is 83.3 Å². The maximum atomic E-state index is 12.8. The van der Waals surface area contributed by atoms with Crippen molar-refractivity contribution in [2.75, 3.05) is 17.7 Å². The van der Waals surface area contributed by atoms with Gasteiger partial charge < -0.3 is 4.74 Å². The van der Waals surface area contributed by atoms with Gasteiger partial charge in [-0.2, -0.15) is 0 Å². The Hall–Kier alpha value is -2.84. The molecule has 0 saturated carbocycles. The van der Waals surface area contributed by atoms with Crippen LogP contribution in [0.25, 0.3) is 0 Å². The standard InChI is InChI=1S/C27H26N6O3S4/c1-36-27(17-12-6-3-7-13-17)22(40-27)24(35)29-26-33-31-19(38-26)15-9-8-14-18-30-32-25(37-18)28-23(34)21-20(39-21)16-10-4-2-5-11-16/h2-7,10-13,20-22H,8-9,14-15H2,1H3,(H,28,32,34)(H,29,33,35). The number of hydrogen-bond acceptors (Lipinski definition) is 11. The number of benzene rings is 2. The quantitative estimate of drug-likeness (QED) is 0.163. The number of amides is 2. The second-order valence-electron chi connectivity index (χ2n) is 9.31. The minimum atomic E-state index is -0.645. The second-order valence-corrected chi connectivity index (χ2v) is 14.0. The van der Waals surface area contributed by atoms with E-state index in [0.29, 0.717) is 10.3 Å². The molecule has 4 unspecified atom stereocenters. The van der Waals surface area contributed by atoms with Crippen molar-refractivity contribution in [3.63, 3.8) is 0 Å². The number of ether oxygens (including phenoxy) is 1. The number of anilines is 2. The fourth-order valence-corrected chi connectivity index (χ4v) is 8.18. The van der Waals surface area contributed by atoms with Gasteiger partial charge in [0.05, 0.1) is 5.25 Å². The number of aryl methyl sites for hydroxylation is 2. The van der Waals surface area contributed by atoms with E-state index < -0.39 is 4.93 Å². The molecule has 2 aliphatic heterocycles. The average molecular weight is 611 g/mol. The highest BCUT2D eigenvalue weighted by molar-refractivity contribution is 8.09. The summed E-state index contributed by atoms with van der Waals surface area (Å²) in [7, 11) is 1.63. The van der Waals surface area contributed by atoms with Crippen LogP contribution in [0.4, 0.5) is 10.3 Å². The van der Waals surface area contributed by atoms with Gasteiger partial charge in [0.2, 0.25) is 22.1 Å². The third-order valence-corrected chi connectivity index (χ3v) is 11.2. The van der Waals surface area contributed by atoms with Crippen LogP contribution in [-0.4, -0.2) is 49.8 Å². The van der Waals surface area contributed by atoms with Crippen LogP contribution in [0, 0.1) is 0 Å². The van der Waals surface area contributed by atoms with Crippen LogP contribution in [0.3, 0.4) is 0 Å². The highest BCUT2D eigenvalue weighted by atomic mass is 32.2. The van der Waals surface area contributed by atoms with Crippen LogP contribution >= 0.6 is 46.2 Å². The second kappa shape index (κ2) is 12.0. The van der Waals surface area contributed by atoms with Gasteiger partial charge in [0.1, 0.15) is 20.5 Å². The summed E-state index contributed by atoms with van der Waals surface area (Å²) in [6, 6.07) is 19.8. The Balaban J connectivity index is 0.915. The van der Waals surface area contributed by atoms with Crippen LogP contribution < -0.4 is 10.6 Å². The minimum Gasteiger partial charge on any atom is -0.361 e. The van der Waals surface area contributed by atoms with Crippen molar-refractivity contribution in [2.45, 2.75) is 46.4 Å². The Kier molecular flexibility index (Phi) is 8.17. The lowest BCUT2D eigenvalue weighted by Gasteiger charge is -2.13. The molecule has 2 N–H and O–H groups in total. The molecule has 4 aromatic rings. The Morgan fingerprint density at radius 2 is 1.40 bits per heavy atom. The van der Waals surface area contributed by atoms with E-state index in [9.17, 15) is 9.59 Å². The van der Waals surface area contributed by atoms with E-state index in [1.54, 1.807) is 18.9 Å². The molecule has 4 atom stereocenters. The summed E-state index contributed by atoms with van der Waals surface area (Å²) >= 11 is 5.95. The van der Waals surface area contributed by atoms with E-state index in [-0.39, 0.29) is 27.6 Å². The van der Waals surface area contributed by atoms with Gasteiger partial charge >= 0.3 is 0 Å². The predicted molar refractivity (Wildman–Crippen MR) is 161 cm³/mol. The molecule has 2 aliphatic rings. The predicted octanol–water partition coefficient (Wildman–Crippen LogP) is 5.30. The van der Waals surface area contributed by atoms with Gasteiger partial charge in [-0.25, -0.2) is 0 Å². The molecule has 13 heteroatoms. The third kappa shape index (κ3) is 6.08. The molecule has 0 spiro atoms. The zero-order valence-corrected chi connectivity index (χ0v) is 24.7. The van der Waals surface area contributed by atoms with Crippen molar-refractivity contribution in [1.82, 2.24) is 20.4 Å². The van der Waals surface area contributed by atoms with Crippen molar-refractivity contribution >= 4 is 68.3 Å². The summed E-state index contributed by atoms with van der Waals surface area (Å²) in [5, 5.41) is 25.2. The van der Waals surface area contributed by atoms with Crippen LogP contribution in [0.5, 0.6) is 0 Å². The van der Waals surface area contributed by atoms with E-state index in [1.165, 1.54) is 40.0 Å². The van der Waals surface area contributed by atoms with Crippen molar-refractivity contribution in [1.29, 1.82) is 0 Å². The van der Waals surface area contributed by atoms with E-state index in [4.69, 9.17) is 4.74 Å². The Morgan fingerprint density at radius 1 is 0.825 bits per heavy atom. The SMILES string of the molecule is COC1(c2ccccc2)SC1C(=O)Nc1nnc(CCCCc2nnc(NC(=O)C3SC3c3ccccc3)s2)s1. The highest BCUT2D eigenvalue weighted by Crippen LogP contribution is 2.62. The smallest absolute Gasteiger partial charge is 0.243 e. The summed E-state index contributed by atoms with van der Waals surface area (Å²) < 4.78 is 5.71. The molecule has 2 saturated heterocycles. The number of aromatic nitrogens is 4. The lowest BCUT2D eigenvalue weighted by Crippen LogP contribution is -2.26. The summed E-state index contributed by atoms with van der Waals surface area (Å²) in [4.78, 5) is 24.8. The Morgan fingerprint density at radius 3 is 2.00 bits per heavy atom. The zero-order valence-electron chi connectivity index (χ0n) is 21.5. The first kappa shape index (κ1) is 27.3. The normalized spacial score (nSPS) is 23.0. The first-order valence-corrected chi connectivity index (χ1v) is 16.3. The molecular weight excluding hydrogens is 585 g/mol. The molecule has 4 heterocycles. The van der Waals surface area contributed by atoms with Gasteiger partial charge in [0.25, 0.3) is 0 Å². The molecule has 206 valence electrons. The lowest BCUT2D eigenvalue weighted by molar-refractivity contribution is -0.117. The fraction of sp³-hybridized carbons (Fsp3) is 0.333. The van der Waals surface area contributed by atoms with Gasteiger partial charge in [0.15, 0.2) is 4.93 Å². The molecule has 0 radical (unpaired) electrons. The molecule has 2 aromatic heterocycles. The Bertz CT molecular complexity index is 1480. The molecule has 0 aliphatic carbocycles. The van der Waals surface area contributed by atoms with Gasteiger partial charge in [-0.15, -0.1) is 43.9 Å². The lowest BCUT2D eigenvalue weighted by atomic mass is 10.1. The number of unbranched alkanes of at least 4 members (excludes halogenated alkanes) is 1. The number of methoxy groups -OCH3 is 1. The van der Waals surface area contributed by atoms with E-state index in [1.807, 2.05) is 48.5 Å². The minimum absolute atomic E-state index is 0.0195. The first-order chi connectivity index (χ1) is 19.6. The molecule has 2 aromatic carbocycles. The highest BCUT2D eigenvalue weighted by Gasteiger charge is 2.62. The fourth-order valence-electron chi connectivity index (χ4n) is 4.45. The molecule has 6 rings (SSSR count). The summed E-state index contributed by atoms with van der Waals surface area (Å²) in [6.45, 7) is 0. The molecule has 9 nitrogen and oxygen atoms in total. The van der Waals surface area contributed by atoms with E-state index in [2.05, 4.69) is 43.2 Å². The number of rotatable bonds is 12. The summed E-state index contributed by atoms with van der Waals surface area (Å²) in [6.07, 6.45) is 3.35. The van der Waals surface area contributed by atoms with Crippen LogP contribution in [0.1, 0.15) is 39.2 Å². The van der Waals surface area contributed by atoms with Crippen LogP contribution in [-0.2, 0) is 32.1 Å². The molecule has 2 fully saturated rings. The monoisotopic (exact) mass is 610 g/mol. The number of nitrogens with one attached hydrogen (secondary N) is 2. The van der Waals surface area contributed by atoms with Gasteiger partial charge in [0, 0.05) is 20.0 Å². The van der Waals surface area contributed by atoms with Crippen molar-refractivity contribution in [3.05, 3.63) is 81.8 Å². The van der Waals surface area contributed by atoms with Crippen molar-refractivity contribution < 1.29 is 14.3 Å². The molecule has 2 amide bonds. The largest absolute Gasteiger partial charge is 0.361 e. The molecule has 40 heavy (non-hydrogen) atoms. The Labute approximate surface area is 247 Å². The summed E-state index contributed by atoms with van der Waals surface area (Å²) in [5.74, 6) is -0.151. The van der Waals surface area contributed by atoms with E-state index in [0.717, 1.165) is 41.3 Å². The van der Waals surface area contributed by atoms with Crippen molar-refractivity contribution in [3.8, 4) is 0 Å². The maximum Gasteiger partial charge on any atom is 0.243 e. The number of thioether (sulfide) groups is 2. The third-order valence-electron chi connectivity index (χ3n) is 6.60. The maximum absolute atomic E-state index is 12.8. The topological polar surface area (TPSA) is 119 Å². The van der Waals surface area contributed by atoms with Crippen LogP contribution in [0.15, 0.2) is 60.7 Å². The van der Waals surface area contributed by atoms with Crippen LogP contribution in [0.2, 0.25) is 0 Å². The zero-order chi connectivity index (χ0) is 27.5. The number of carbonyl (C=O) groups is 2. The first-order valence-electron chi connectivity index (χ1n) is 12.8. The average Bonchev–Trinajstić information content (AvgIpc) is 3.85. The molecular formula is C27H26N6O3S4. The number of nitrogens with zero attached hydrogens (tertiary/aromatic N) is 4. The van der Waals surface area contributed by atoms with E-state index >= 15 is 0 Å². The van der Waals surface area contributed by atoms with Gasteiger partial charge in [-0.3, -0.25) is 20.2 Å². The number of carbonyl (C=O) groups excluding carboxylic acids is 2. The van der Waals surface area contributed by atoms with Crippen molar-refractivity contribution in [2.24, 2.45) is 0 Å². The number of hydrogen-bond donors (Lipinski definition) is 2.